The molecular weight excluding hydrogens is 654 g/mol. The van der Waals surface area contributed by atoms with Gasteiger partial charge < -0.3 is 25.2 Å². The summed E-state index contributed by atoms with van der Waals surface area (Å²) in [6, 6.07) is 2.50. The molecule has 0 spiro atoms. The Kier molecular flexibility index (Phi) is 11.3. The number of piperazine rings is 1. The number of aliphatic hydroxyl groups is 1. The molecule has 7 rings (SSSR count). The number of likely N-dealkylation sites (tertiary alicyclic amines) is 1. The molecule has 3 aromatic rings. The van der Waals surface area contributed by atoms with Crippen LogP contribution in [0, 0.1) is 12.7 Å². The molecule has 1 saturated carbocycles. The highest BCUT2D eigenvalue weighted by molar-refractivity contribution is 5.97. The molecule has 50 heavy (non-hydrogen) atoms. The van der Waals surface area contributed by atoms with E-state index in [9.17, 15) is 13.2 Å². The molecular formula is C36H51F4N7O3. The van der Waals surface area contributed by atoms with Crippen LogP contribution < -0.4 is 20.1 Å². The van der Waals surface area contributed by atoms with Crippen molar-refractivity contribution >= 4 is 22.4 Å². The number of aliphatic hydroxyl groups excluding tert-OH is 1. The number of rotatable bonds is 5. The number of benzene rings is 1. The number of hydrogen-bond acceptors (Lipinski definition) is 10. The van der Waals surface area contributed by atoms with Gasteiger partial charge in [-0.05, 0) is 91.6 Å². The summed E-state index contributed by atoms with van der Waals surface area (Å²) in [5, 5.41) is 8.38. The molecule has 1 aromatic carbocycles. The summed E-state index contributed by atoms with van der Waals surface area (Å²) in [7, 11) is 2.03. The first-order valence-electron chi connectivity index (χ1n) is 17.7. The van der Waals surface area contributed by atoms with Gasteiger partial charge in [-0.3, -0.25) is 9.80 Å². The first-order valence-corrected chi connectivity index (χ1v) is 17.7. The molecule has 0 amide bonds. The van der Waals surface area contributed by atoms with Crippen molar-refractivity contribution in [2.75, 3.05) is 43.9 Å². The lowest BCUT2D eigenvalue weighted by molar-refractivity contribution is -0.137. The molecule has 0 bridgehead atoms. The van der Waals surface area contributed by atoms with E-state index >= 15 is 4.39 Å². The normalized spacial score (nSPS) is 22.9. The fraction of sp³-hybridized carbons (Fsp3) is 0.639. The molecule has 4 aliphatic rings. The van der Waals surface area contributed by atoms with Crippen LogP contribution in [0.2, 0.25) is 0 Å². The van der Waals surface area contributed by atoms with E-state index < -0.39 is 34.9 Å². The minimum Gasteiger partial charge on any atom is -0.472 e. The number of aromatic nitrogens is 3. The Morgan fingerprint density at radius 3 is 2.30 bits per heavy atom. The average molecular weight is 706 g/mol. The minimum absolute atomic E-state index is 0.0206. The summed E-state index contributed by atoms with van der Waals surface area (Å²) >= 11 is 0. The smallest absolute Gasteiger partial charge is 0.417 e. The van der Waals surface area contributed by atoms with Crippen LogP contribution in [-0.4, -0.2) is 99.5 Å². The van der Waals surface area contributed by atoms with Crippen LogP contribution in [0.15, 0.2) is 12.1 Å². The van der Waals surface area contributed by atoms with Gasteiger partial charge in [-0.2, -0.15) is 23.1 Å². The van der Waals surface area contributed by atoms with Gasteiger partial charge in [-0.25, -0.2) is 9.37 Å². The predicted octanol–water partition coefficient (Wildman–Crippen LogP) is 6.45. The number of nitrogen functional groups attached to an aromatic ring is 1. The largest absolute Gasteiger partial charge is 0.472 e. The predicted molar refractivity (Wildman–Crippen MR) is 187 cm³/mol. The fourth-order valence-electron chi connectivity index (χ4n) is 7.07. The second-order valence-corrected chi connectivity index (χ2v) is 13.8. The van der Waals surface area contributed by atoms with Crippen LogP contribution in [0.3, 0.4) is 0 Å². The number of halogens is 4. The van der Waals surface area contributed by atoms with E-state index in [1.165, 1.54) is 13.0 Å². The van der Waals surface area contributed by atoms with Gasteiger partial charge in [0.1, 0.15) is 34.6 Å². The van der Waals surface area contributed by atoms with E-state index in [2.05, 4.69) is 38.5 Å². The number of alkyl halides is 3. The van der Waals surface area contributed by atoms with E-state index in [0.717, 1.165) is 44.8 Å². The molecule has 1 aliphatic carbocycles. The summed E-state index contributed by atoms with van der Waals surface area (Å²) in [5.41, 5.74) is 3.67. The number of fused-ring (bicyclic) bond motifs is 2. The fourth-order valence-corrected chi connectivity index (χ4v) is 7.07. The summed E-state index contributed by atoms with van der Waals surface area (Å²) in [6.07, 6.45) is -1.40. The number of pyridine rings is 1. The van der Waals surface area contributed by atoms with Crippen LogP contribution >= 0.6 is 0 Å². The van der Waals surface area contributed by atoms with Gasteiger partial charge in [0, 0.05) is 43.0 Å². The molecule has 14 heteroatoms. The first kappa shape index (κ1) is 37.8. The van der Waals surface area contributed by atoms with Gasteiger partial charge >= 0.3 is 12.2 Å². The van der Waals surface area contributed by atoms with Gasteiger partial charge in [-0.15, -0.1) is 0 Å². The maximum Gasteiger partial charge on any atom is 0.417 e. The Morgan fingerprint density at radius 2 is 1.72 bits per heavy atom. The van der Waals surface area contributed by atoms with Gasteiger partial charge in [0.05, 0.1) is 17.7 Å². The third-order valence-corrected chi connectivity index (χ3v) is 9.86. The zero-order valence-corrected chi connectivity index (χ0v) is 30.3. The summed E-state index contributed by atoms with van der Waals surface area (Å²) in [4.78, 5) is 20.3. The quantitative estimate of drug-likeness (QED) is 0.227. The minimum atomic E-state index is -4.78. The molecule has 4 atom stereocenters. The Labute approximate surface area is 292 Å². The Balaban J connectivity index is 0.000000745. The molecule has 10 nitrogen and oxygen atoms in total. The maximum atomic E-state index is 16.7. The number of aryl methyl sites for hydroxylation is 1. The van der Waals surface area contributed by atoms with Crippen molar-refractivity contribution in [2.45, 2.75) is 117 Å². The molecule has 3 N–H and O–H groups in total. The Morgan fingerprint density at radius 1 is 1.04 bits per heavy atom. The molecule has 0 radical (unpaired) electrons. The van der Waals surface area contributed by atoms with Crippen molar-refractivity contribution in [3.05, 3.63) is 29.1 Å². The van der Waals surface area contributed by atoms with Gasteiger partial charge in [0.15, 0.2) is 5.82 Å². The van der Waals surface area contributed by atoms with Crippen LogP contribution in [0.5, 0.6) is 11.9 Å². The lowest BCUT2D eigenvalue weighted by atomic mass is 9.96. The van der Waals surface area contributed by atoms with Gasteiger partial charge in [0.2, 0.25) is 5.88 Å². The molecule has 3 unspecified atom stereocenters. The second kappa shape index (κ2) is 15.0. The standard InChI is InChI=1S/C31H39F4N7O2.C3H6O.C2H6/c1-15(2)41-10-11-42-22(14-41)18(5)43-29-23-27(38-30(39-28(23)42)44-17(4)21-8-7-9-40(21)6)25(32)26(37-29)20-13-19(36)12-16(3)24(20)31(33,34)35;4-3-1-2-3;1-2/h12-13,15,17-18,21-22H,7-11,14,36H2,1-6H3;3-4H,1-2H2;1-2H3/t17?,18-,21?,22?;;/m1../s1. The van der Waals surface area contributed by atoms with Gasteiger partial charge in [-0.1, -0.05) is 13.8 Å². The molecule has 276 valence electrons. The number of nitrogens with two attached hydrogens (primary N) is 1. The van der Waals surface area contributed by atoms with Crippen LogP contribution in [-0.2, 0) is 6.18 Å². The summed E-state index contributed by atoms with van der Waals surface area (Å²) in [5.74, 6) is -0.635. The number of likely N-dealkylation sites (N-methyl/N-ethyl adjacent to an activating group) is 1. The monoisotopic (exact) mass is 705 g/mol. The lowest BCUT2D eigenvalue weighted by Crippen LogP contribution is -2.59. The Hall–Kier alpha value is -3.49. The molecule has 3 aliphatic heterocycles. The van der Waals surface area contributed by atoms with E-state index in [0.29, 0.717) is 24.9 Å². The molecule has 5 heterocycles. The number of ether oxygens (including phenoxy) is 2. The van der Waals surface area contributed by atoms with Crippen molar-refractivity contribution in [3.63, 3.8) is 0 Å². The third-order valence-electron chi connectivity index (χ3n) is 9.86. The number of nitrogens with zero attached hydrogens (tertiary/aromatic N) is 6. The highest BCUT2D eigenvalue weighted by atomic mass is 19.4. The van der Waals surface area contributed by atoms with Gasteiger partial charge in [0.25, 0.3) is 0 Å². The second-order valence-electron chi connectivity index (χ2n) is 13.8. The van der Waals surface area contributed by atoms with Crippen molar-refractivity contribution in [1.82, 2.24) is 24.8 Å². The van der Waals surface area contributed by atoms with Crippen molar-refractivity contribution < 1.29 is 32.1 Å². The van der Waals surface area contributed by atoms with E-state index in [4.69, 9.17) is 25.3 Å². The maximum absolute atomic E-state index is 16.7. The Bertz CT molecular complexity index is 1670. The topological polar surface area (TPSA) is 113 Å². The molecule has 2 saturated heterocycles. The third kappa shape index (κ3) is 7.71. The first-order chi connectivity index (χ1) is 23.6. The lowest BCUT2D eigenvalue weighted by Gasteiger charge is -2.44. The van der Waals surface area contributed by atoms with Crippen molar-refractivity contribution in [2.24, 2.45) is 0 Å². The van der Waals surface area contributed by atoms with Crippen LogP contribution in [0.4, 0.5) is 29.1 Å². The highest BCUT2D eigenvalue weighted by Gasteiger charge is 2.42. The highest BCUT2D eigenvalue weighted by Crippen LogP contribution is 2.46. The van der Waals surface area contributed by atoms with E-state index in [1.807, 2.05) is 34.7 Å². The summed E-state index contributed by atoms with van der Waals surface area (Å²) in [6.45, 7) is 16.3. The summed E-state index contributed by atoms with van der Waals surface area (Å²) < 4.78 is 72.4. The molecule has 2 aromatic heterocycles. The van der Waals surface area contributed by atoms with Crippen molar-refractivity contribution in [1.29, 1.82) is 0 Å². The van der Waals surface area contributed by atoms with E-state index in [-0.39, 0.29) is 58.3 Å². The average Bonchev–Trinajstić information content (AvgIpc) is 3.74. The molecule has 3 fully saturated rings. The SMILES string of the molecule is CC.Cc1cc(N)cc(-c2nc3c4c(nc(OC(C)C5CCCN5C)nc4c2F)N2CCN(C(C)C)CC2[C@@H](C)O3)c1C(F)(F)F.OC1CC1. The zero-order valence-electron chi connectivity index (χ0n) is 30.3. The number of hydrogen-bond donors (Lipinski definition) is 2. The van der Waals surface area contributed by atoms with E-state index in [1.54, 1.807) is 0 Å². The number of anilines is 2. The zero-order chi connectivity index (χ0) is 36.7. The van der Waals surface area contributed by atoms with Crippen LogP contribution in [0.25, 0.3) is 22.2 Å². The van der Waals surface area contributed by atoms with Crippen molar-refractivity contribution in [3.8, 4) is 23.1 Å². The van der Waals surface area contributed by atoms with Crippen LogP contribution in [0.1, 0.15) is 78.4 Å².